The lowest BCUT2D eigenvalue weighted by atomic mass is 9.70. The topological polar surface area (TPSA) is 52.9 Å². The van der Waals surface area contributed by atoms with Gasteiger partial charge in [0.25, 0.3) is 0 Å². The number of rotatable bonds is 4. The van der Waals surface area contributed by atoms with E-state index in [1.807, 2.05) is 38.4 Å². The molecule has 0 heterocycles. The lowest BCUT2D eigenvalue weighted by Crippen LogP contribution is -2.46. The molecule has 0 amide bonds. The Morgan fingerprint density at radius 1 is 1.35 bits per heavy atom. The molecule has 3 atom stereocenters. The van der Waals surface area contributed by atoms with Crippen molar-refractivity contribution in [2.75, 3.05) is 27.7 Å². The van der Waals surface area contributed by atoms with E-state index in [1.54, 1.807) is 7.11 Å². The molecule has 0 saturated heterocycles. The molecule has 1 aromatic carbocycles. The largest absolute Gasteiger partial charge is 0.497 e. The van der Waals surface area contributed by atoms with Crippen LogP contribution < -0.4 is 4.74 Å². The number of benzene rings is 1. The van der Waals surface area contributed by atoms with Crippen molar-refractivity contribution in [3.63, 3.8) is 0 Å². The number of hydrogen-bond acceptors (Lipinski definition) is 4. The Morgan fingerprint density at radius 2 is 2.10 bits per heavy atom. The molecular formula is C16H25NO3. The highest BCUT2D eigenvalue weighted by Crippen LogP contribution is 2.42. The van der Waals surface area contributed by atoms with Crippen LogP contribution in [0, 0.1) is 5.92 Å². The van der Waals surface area contributed by atoms with Crippen molar-refractivity contribution in [2.24, 2.45) is 5.92 Å². The molecule has 112 valence electrons. The van der Waals surface area contributed by atoms with Crippen molar-refractivity contribution < 1.29 is 14.9 Å². The minimum Gasteiger partial charge on any atom is -0.497 e. The van der Waals surface area contributed by atoms with Crippen LogP contribution in [0.5, 0.6) is 5.75 Å². The van der Waals surface area contributed by atoms with E-state index in [9.17, 15) is 10.2 Å². The predicted molar refractivity (Wildman–Crippen MR) is 78.8 cm³/mol. The fourth-order valence-corrected chi connectivity index (χ4v) is 3.19. The van der Waals surface area contributed by atoms with E-state index in [2.05, 4.69) is 4.90 Å². The van der Waals surface area contributed by atoms with Gasteiger partial charge in [-0.1, -0.05) is 12.1 Å². The van der Waals surface area contributed by atoms with Crippen molar-refractivity contribution >= 4 is 0 Å². The minimum atomic E-state index is -0.990. The monoisotopic (exact) mass is 279 g/mol. The first-order valence-electron chi connectivity index (χ1n) is 7.15. The van der Waals surface area contributed by atoms with Crippen molar-refractivity contribution in [1.29, 1.82) is 0 Å². The van der Waals surface area contributed by atoms with Crippen LogP contribution in [-0.2, 0) is 5.60 Å². The third-order valence-corrected chi connectivity index (χ3v) is 4.23. The highest BCUT2D eigenvalue weighted by atomic mass is 16.5. The minimum absolute atomic E-state index is 0.119. The standard InChI is InChI=1S/C16H25NO3/c1-17(2)11-13-7-8-14(18)10-16(13,19)12-5-4-6-15(9-12)20-3/h4-6,9,13-14,18-19H,7-8,10-11H2,1-3H3/t13-,14+,16+/m0/s1. The second-order valence-electron chi connectivity index (χ2n) is 6.05. The summed E-state index contributed by atoms with van der Waals surface area (Å²) >= 11 is 0. The summed E-state index contributed by atoms with van der Waals surface area (Å²) in [6.45, 7) is 0.806. The third-order valence-electron chi connectivity index (χ3n) is 4.23. The molecule has 4 heteroatoms. The Morgan fingerprint density at radius 3 is 2.75 bits per heavy atom. The molecule has 2 N–H and O–H groups in total. The third kappa shape index (κ3) is 3.14. The van der Waals surface area contributed by atoms with Crippen LogP contribution in [0.15, 0.2) is 24.3 Å². The quantitative estimate of drug-likeness (QED) is 0.879. The van der Waals surface area contributed by atoms with Crippen molar-refractivity contribution in [3.05, 3.63) is 29.8 Å². The van der Waals surface area contributed by atoms with Gasteiger partial charge in [0.05, 0.1) is 18.8 Å². The molecule has 1 aliphatic rings. The summed E-state index contributed by atoms with van der Waals surface area (Å²) in [7, 11) is 5.64. The second kappa shape index (κ2) is 6.12. The number of hydrogen-bond donors (Lipinski definition) is 2. The van der Waals surface area contributed by atoms with Gasteiger partial charge in [-0.3, -0.25) is 0 Å². The summed E-state index contributed by atoms with van der Waals surface area (Å²) in [5.74, 6) is 0.854. The molecule has 20 heavy (non-hydrogen) atoms. The van der Waals surface area contributed by atoms with Crippen molar-refractivity contribution in [1.82, 2.24) is 4.90 Å². The first-order valence-corrected chi connectivity index (χ1v) is 7.15. The number of aliphatic hydroxyl groups excluding tert-OH is 1. The lowest BCUT2D eigenvalue weighted by molar-refractivity contribution is -0.0992. The molecule has 0 bridgehead atoms. The molecule has 1 fully saturated rings. The van der Waals surface area contributed by atoms with Crippen LogP contribution in [0.25, 0.3) is 0 Å². The fraction of sp³-hybridized carbons (Fsp3) is 0.625. The number of aliphatic hydroxyl groups is 2. The van der Waals surface area contributed by atoms with Gasteiger partial charge < -0.3 is 19.8 Å². The molecule has 4 nitrogen and oxygen atoms in total. The smallest absolute Gasteiger partial charge is 0.119 e. The molecule has 2 rings (SSSR count). The van der Waals surface area contributed by atoms with Gasteiger partial charge in [-0.25, -0.2) is 0 Å². The highest BCUT2D eigenvalue weighted by Gasteiger charge is 2.43. The summed E-state index contributed by atoms with van der Waals surface area (Å²) in [6.07, 6.45) is 1.53. The molecule has 1 saturated carbocycles. The maximum Gasteiger partial charge on any atom is 0.119 e. The van der Waals surface area contributed by atoms with Crippen LogP contribution >= 0.6 is 0 Å². The highest BCUT2D eigenvalue weighted by molar-refractivity contribution is 5.33. The zero-order chi connectivity index (χ0) is 14.8. The molecule has 1 aromatic rings. The fourth-order valence-electron chi connectivity index (χ4n) is 3.19. The molecule has 0 unspecified atom stereocenters. The second-order valence-corrected chi connectivity index (χ2v) is 6.05. The molecular weight excluding hydrogens is 254 g/mol. The maximum absolute atomic E-state index is 11.2. The van der Waals surface area contributed by atoms with E-state index < -0.39 is 11.7 Å². The van der Waals surface area contributed by atoms with Crippen LogP contribution in [0.1, 0.15) is 24.8 Å². The van der Waals surface area contributed by atoms with E-state index in [1.165, 1.54) is 0 Å². The first kappa shape index (κ1) is 15.3. The van der Waals surface area contributed by atoms with Crippen LogP contribution in [0.4, 0.5) is 0 Å². The Hall–Kier alpha value is -1.10. The van der Waals surface area contributed by atoms with Crippen molar-refractivity contribution in [3.8, 4) is 5.75 Å². The summed E-state index contributed by atoms with van der Waals surface area (Å²) in [5, 5.41) is 21.2. The number of ether oxygens (including phenoxy) is 1. The average Bonchev–Trinajstić information content (AvgIpc) is 2.42. The van der Waals surface area contributed by atoms with Gasteiger partial charge >= 0.3 is 0 Å². The Labute approximate surface area is 121 Å². The zero-order valence-corrected chi connectivity index (χ0v) is 12.5. The summed E-state index contributed by atoms with van der Waals surface area (Å²) < 4.78 is 5.25. The molecule has 1 aliphatic carbocycles. The van der Waals surface area contributed by atoms with Gasteiger partial charge in [0.1, 0.15) is 5.75 Å². The van der Waals surface area contributed by atoms with Gasteiger partial charge in [-0.15, -0.1) is 0 Å². The molecule has 0 radical (unpaired) electrons. The van der Waals surface area contributed by atoms with Gasteiger partial charge in [0, 0.05) is 18.9 Å². The van der Waals surface area contributed by atoms with E-state index in [0.717, 1.165) is 30.7 Å². The average molecular weight is 279 g/mol. The van der Waals surface area contributed by atoms with Gasteiger partial charge in [0.15, 0.2) is 0 Å². The van der Waals surface area contributed by atoms with E-state index in [4.69, 9.17) is 4.74 Å². The summed E-state index contributed by atoms with van der Waals surface area (Å²) in [5.41, 5.74) is -0.154. The predicted octanol–water partition coefficient (Wildman–Crippen LogP) is 1.61. The van der Waals surface area contributed by atoms with Crippen LogP contribution in [-0.4, -0.2) is 49.0 Å². The summed E-state index contributed by atoms with van der Waals surface area (Å²) in [4.78, 5) is 2.09. The zero-order valence-electron chi connectivity index (χ0n) is 12.5. The molecule has 0 spiro atoms. The molecule has 0 aliphatic heterocycles. The normalized spacial score (nSPS) is 30.5. The van der Waals surface area contributed by atoms with Gasteiger partial charge in [0.2, 0.25) is 0 Å². The SMILES string of the molecule is COc1cccc([C@]2(O)C[C@H](O)CC[C@H]2CN(C)C)c1. The van der Waals surface area contributed by atoms with Crippen LogP contribution in [0.2, 0.25) is 0 Å². The Kier molecular flexibility index (Phi) is 4.68. The number of nitrogens with zero attached hydrogens (tertiary/aromatic N) is 1. The first-order chi connectivity index (χ1) is 9.45. The van der Waals surface area contributed by atoms with Gasteiger partial charge in [-0.05, 0) is 44.6 Å². The molecule has 0 aromatic heterocycles. The lowest BCUT2D eigenvalue weighted by Gasteiger charge is -2.43. The van der Waals surface area contributed by atoms with E-state index >= 15 is 0 Å². The van der Waals surface area contributed by atoms with Crippen LogP contribution in [0.3, 0.4) is 0 Å². The summed E-state index contributed by atoms with van der Waals surface area (Å²) in [6, 6.07) is 7.55. The maximum atomic E-state index is 11.2. The van der Waals surface area contributed by atoms with Gasteiger partial charge in [-0.2, -0.15) is 0 Å². The Balaban J connectivity index is 2.34. The van der Waals surface area contributed by atoms with Crippen molar-refractivity contribution in [2.45, 2.75) is 31.0 Å². The van der Waals surface area contributed by atoms with E-state index in [-0.39, 0.29) is 5.92 Å². The number of methoxy groups -OCH3 is 1. The Bertz CT molecular complexity index is 449. The van der Waals surface area contributed by atoms with E-state index in [0.29, 0.717) is 6.42 Å².